The number of hydrogen-bond acceptors (Lipinski definition) is 4. The van der Waals surface area contributed by atoms with Crippen LogP contribution in [0.25, 0.3) is 0 Å². The van der Waals surface area contributed by atoms with Crippen LogP contribution >= 0.6 is 0 Å². The van der Waals surface area contributed by atoms with Gasteiger partial charge in [-0.15, -0.1) is 0 Å². The zero-order valence-corrected chi connectivity index (χ0v) is 10.8. The monoisotopic (exact) mass is 271 g/mol. The summed E-state index contributed by atoms with van der Waals surface area (Å²) < 4.78 is 0. The van der Waals surface area contributed by atoms with Crippen molar-refractivity contribution >= 4 is 23.4 Å². The maximum absolute atomic E-state index is 11.9. The van der Waals surface area contributed by atoms with Crippen molar-refractivity contribution in [3.8, 4) is 6.07 Å². The van der Waals surface area contributed by atoms with Crippen LogP contribution in [-0.4, -0.2) is 29.2 Å². The van der Waals surface area contributed by atoms with Crippen molar-refractivity contribution in [1.29, 1.82) is 5.26 Å². The van der Waals surface area contributed by atoms with Gasteiger partial charge in [0.15, 0.2) is 0 Å². The zero-order valence-electron chi connectivity index (χ0n) is 10.8. The van der Waals surface area contributed by atoms with Crippen LogP contribution in [0.4, 0.5) is 5.69 Å². The average molecular weight is 271 g/mol. The van der Waals surface area contributed by atoms with Crippen molar-refractivity contribution in [2.24, 2.45) is 0 Å². The Hall–Kier alpha value is -2.68. The van der Waals surface area contributed by atoms with Gasteiger partial charge < -0.3 is 5.32 Å². The molecule has 0 spiro atoms. The lowest BCUT2D eigenvalue weighted by atomic mass is 10.1. The lowest BCUT2D eigenvalue weighted by Gasteiger charge is -2.24. The Morgan fingerprint density at radius 1 is 1.25 bits per heavy atom. The summed E-state index contributed by atoms with van der Waals surface area (Å²) in [5.74, 6) is -1.15. The molecule has 6 nitrogen and oxygen atoms in total. The first-order chi connectivity index (χ1) is 9.61. The van der Waals surface area contributed by atoms with Gasteiger partial charge in [0.1, 0.15) is 12.6 Å². The normalized spacial score (nSPS) is 14.8. The van der Waals surface area contributed by atoms with Crippen LogP contribution in [0.15, 0.2) is 24.3 Å². The number of piperidine rings is 1. The number of imide groups is 1. The summed E-state index contributed by atoms with van der Waals surface area (Å²) >= 11 is 0. The Balaban J connectivity index is 2.04. The van der Waals surface area contributed by atoms with Gasteiger partial charge in [-0.3, -0.25) is 19.3 Å². The summed E-state index contributed by atoms with van der Waals surface area (Å²) in [7, 11) is 0. The standard InChI is InChI=1S/C14H13N3O3/c15-8-10-4-1-2-5-11(10)16-12(18)9-17-13(19)6-3-7-14(17)20/h1-2,4-5H,3,6-7,9H2,(H,16,18). The van der Waals surface area contributed by atoms with Gasteiger partial charge in [-0.1, -0.05) is 12.1 Å². The summed E-state index contributed by atoms with van der Waals surface area (Å²) in [6.45, 7) is -0.308. The van der Waals surface area contributed by atoms with Gasteiger partial charge in [0.2, 0.25) is 17.7 Å². The Morgan fingerprint density at radius 3 is 2.55 bits per heavy atom. The first-order valence-electron chi connectivity index (χ1n) is 6.24. The number of hydrogen-bond donors (Lipinski definition) is 1. The van der Waals surface area contributed by atoms with Gasteiger partial charge in [-0.25, -0.2) is 0 Å². The van der Waals surface area contributed by atoms with E-state index in [1.165, 1.54) is 0 Å². The molecule has 0 radical (unpaired) electrons. The average Bonchev–Trinajstić information content (AvgIpc) is 2.44. The topological polar surface area (TPSA) is 90.3 Å². The van der Waals surface area contributed by atoms with Gasteiger partial charge in [0.05, 0.1) is 11.3 Å². The molecule has 1 aliphatic heterocycles. The minimum atomic E-state index is -0.490. The first-order valence-corrected chi connectivity index (χ1v) is 6.24. The summed E-state index contributed by atoms with van der Waals surface area (Å²) in [4.78, 5) is 36.0. The number of anilines is 1. The van der Waals surface area contributed by atoms with Crippen molar-refractivity contribution < 1.29 is 14.4 Å². The molecule has 1 aromatic rings. The second kappa shape index (κ2) is 5.97. The molecular formula is C14H13N3O3. The molecular weight excluding hydrogens is 258 g/mol. The van der Waals surface area contributed by atoms with E-state index in [4.69, 9.17) is 5.26 Å². The molecule has 1 aliphatic rings. The largest absolute Gasteiger partial charge is 0.323 e. The van der Waals surface area contributed by atoms with Crippen LogP contribution < -0.4 is 5.32 Å². The number of nitrogens with zero attached hydrogens (tertiary/aromatic N) is 2. The van der Waals surface area contributed by atoms with Crippen LogP contribution in [-0.2, 0) is 14.4 Å². The number of nitrogens with one attached hydrogen (secondary N) is 1. The number of carbonyl (C=O) groups excluding carboxylic acids is 3. The highest BCUT2D eigenvalue weighted by Crippen LogP contribution is 2.15. The van der Waals surface area contributed by atoms with Crippen LogP contribution in [0, 0.1) is 11.3 Å². The smallest absolute Gasteiger partial charge is 0.244 e. The molecule has 102 valence electrons. The van der Waals surface area contributed by atoms with Gasteiger partial charge in [-0.2, -0.15) is 5.26 Å². The predicted molar refractivity (Wildman–Crippen MR) is 70.4 cm³/mol. The minimum absolute atomic E-state index is 0.286. The van der Waals surface area contributed by atoms with E-state index < -0.39 is 5.91 Å². The van der Waals surface area contributed by atoms with E-state index in [-0.39, 0.29) is 31.2 Å². The third-order valence-electron chi connectivity index (χ3n) is 3.01. The molecule has 0 bridgehead atoms. The second-order valence-electron chi connectivity index (χ2n) is 4.43. The lowest BCUT2D eigenvalue weighted by molar-refractivity contribution is -0.150. The molecule has 1 aromatic carbocycles. The van der Waals surface area contributed by atoms with E-state index in [1.807, 2.05) is 6.07 Å². The highest BCUT2D eigenvalue weighted by molar-refractivity contribution is 6.03. The molecule has 0 atom stereocenters. The van der Waals surface area contributed by atoms with E-state index in [2.05, 4.69) is 5.32 Å². The number of amides is 3. The summed E-state index contributed by atoms with van der Waals surface area (Å²) in [5.41, 5.74) is 0.703. The van der Waals surface area contributed by atoms with Crippen molar-refractivity contribution in [3.63, 3.8) is 0 Å². The molecule has 3 amide bonds. The molecule has 0 saturated carbocycles. The van der Waals surface area contributed by atoms with Gasteiger partial charge in [-0.05, 0) is 18.6 Å². The SMILES string of the molecule is N#Cc1ccccc1NC(=O)CN1C(=O)CCCC1=O. The molecule has 6 heteroatoms. The molecule has 1 N–H and O–H groups in total. The van der Waals surface area contributed by atoms with E-state index in [1.54, 1.807) is 24.3 Å². The molecule has 0 aromatic heterocycles. The maximum Gasteiger partial charge on any atom is 0.244 e. The highest BCUT2D eigenvalue weighted by Gasteiger charge is 2.27. The highest BCUT2D eigenvalue weighted by atomic mass is 16.2. The summed E-state index contributed by atoms with van der Waals surface area (Å²) in [6.07, 6.45) is 1.11. The van der Waals surface area contributed by atoms with E-state index >= 15 is 0 Å². The fraction of sp³-hybridized carbons (Fsp3) is 0.286. The molecule has 20 heavy (non-hydrogen) atoms. The molecule has 0 aliphatic carbocycles. The minimum Gasteiger partial charge on any atom is -0.323 e. The molecule has 1 fully saturated rings. The predicted octanol–water partition coefficient (Wildman–Crippen LogP) is 1.04. The number of likely N-dealkylation sites (tertiary alicyclic amines) is 1. The van der Waals surface area contributed by atoms with Gasteiger partial charge in [0, 0.05) is 12.8 Å². The van der Waals surface area contributed by atoms with E-state index in [0.717, 1.165) is 4.90 Å². The fourth-order valence-electron chi connectivity index (χ4n) is 2.00. The molecule has 2 rings (SSSR count). The quantitative estimate of drug-likeness (QED) is 0.831. The van der Waals surface area contributed by atoms with Crippen LogP contribution in [0.2, 0.25) is 0 Å². The zero-order chi connectivity index (χ0) is 14.5. The van der Waals surface area contributed by atoms with Gasteiger partial charge >= 0.3 is 0 Å². The van der Waals surface area contributed by atoms with Crippen molar-refractivity contribution in [1.82, 2.24) is 4.90 Å². The third-order valence-corrected chi connectivity index (χ3v) is 3.01. The van der Waals surface area contributed by atoms with Gasteiger partial charge in [0.25, 0.3) is 0 Å². The summed E-state index contributed by atoms with van der Waals surface area (Å²) in [5, 5.41) is 11.5. The molecule has 0 unspecified atom stereocenters. The molecule has 1 heterocycles. The Morgan fingerprint density at radius 2 is 1.90 bits per heavy atom. The lowest BCUT2D eigenvalue weighted by Crippen LogP contribution is -2.44. The first kappa shape index (κ1) is 13.7. The number of rotatable bonds is 3. The maximum atomic E-state index is 11.9. The third kappa shape index (κ3) is 3.01. The van der Waals surface area contributed by atoms with E-state index in [0.29, 0.717) is 17.7 Å². The fourth-order valence-corrected chi connectivity index (χ4v) is 2.00. The van der Waals surface area contributed by atoms with Crippen LogP contribution in [0.5, 0.6) is 0 Å². The van der Waals surface area contributed by atoms with Crippen LogP contribution in [0.3, 0.4) is 0 Å². The molecule has 1 saturated heterocycles. The Kier molecular flexibility index (Phi) is 4.11. The number of para-hydroxylation sites is 1. The van der Waals surface area contributed by atoms with Crippen molar-refractivity contribution in [2.45, 2.75) is 19.3 Å². The van der Waals surface area contributed by atoms with E-state index in [9.17, 15) is 14.4 Å². The summed E-state index contributed by atoms with van der Waals surface area (Å²) in [6, 6.07) is 8.50. The Bertz CT molecular complexity index is 588. The number of benzene rings is 1. The number of carbonyl (C=O) groups is 3. The van der Waals surface area contributed by atoms with Crippen LogP contribution in [0.1, 0.15) is 24.8 Å². The second-order valence-corrected chi connectivity index (χ2v) is 4.43. The van der Waals surface area contributed by atoms with Crippen molar-refractivity contribution in [2.75, 3.05) is 11.9 Å². The Labute approximate surface area is 116 Å². The number of nitriles is 1. The van der Waals surface area contributed by atoms with Crippen molar-refractivity contribution in [3.05, 3.63) is 29.8 Å².